The number of nitrogens with one attached hydrogen (secondary N) is 1. The van der Waals surface area contributed by atoms with E-state index in [9.17, 15) is 14.4 Å². The van der Waals surface area contributed by atoms with Gasteiger partial charge in [0, 0.05) is 13.1 Å². The van der Waals surface area contributed by atoms with E-state index in [-0.39, 0.29) is 35.9 Å². The summed E-state index contributed by atoms with van der Waals surface area (Å²) in [4.78, 5) is 35.8. The van der Waals surface area contributed by atoms with Crippen molar-refractivity contribution in [2.45, 2.75) is 0 Å². The SMILES string of the molecule is O=C(NCCN1C(=O)CSC1=O)c1cccs1. The van der Waals surface area contributed by atoms with Gasteiger partial charge in [-0.2, -0.15) is 0 Å². The Hall–Kier alpha value is -1.34. The fourth-order valence-electron chi connectivity index (χ4n) is 1.37. The molecular weight excluding hydrogens is 260 g/mol. The predicted octanol–water partition coefficient (Wildman–Crippen LogP) is 1.17. The number of thioether (sulfide) groups is 1. The zero-order valence-corrected chi connectivity index (χ0v) is 10.5. The molecule has 7 heteroatoms. The molecule has 0 saturated carbocycles. The van der Waals surface area contributed by atoms with Gasteiger partial charge in [0.15, 0.2) is 0 Å². The van der Waals surface area contributed by atoms with Crippen LogP contribution < -0.4 is 5.32 Å². The van der Waals surface area contributed by atoms with Crippen molar-refractivity contribution in [1.82, 2.24) is 10.2 Å². The Morgan fingerprint density at radius 3 is 2.88 bits per heavy atom. The Kier molecular flexibility index (Phi) is 3.80. The van der Waals surface area contributed by atoms with Crippen molar-refractivity contribution >= 4 is 40.2 Å². The van der Waals surface area contributed by atoms with E-state index in [0.717, 1.165) is 11.8 Å². The Balaban J connectivity index is 1.78. The highest BCUT2D eigenvalue weighted by atomic mass is 32.2. The molecule has 0 atom stereocenters. The minimum absolute atomic E-state index is 0.174. The molecule has 1 fully saturated rings. The Morgan fingerprint density at radius 1 is 1.47 bits per heavy atom. The molecule has 0 aliphatic carbocycles. The first-order valence-electron chi connectivity index (χ1n) is 4.97. The fourth-order valence-corrected chi connectivity index (χ4v) is 2.77. The molecule has 1 aromatic rings. The summed E-state index contributed by atoms with van der Waals surface area (Å²) < 4.78 is 0. The van der Waals surface area contributed by atoms with Crippen molar-refractivity contribution in [3.63, 3.8) is 0 Å². The maximum absolute atomic E-state index is 11.5. The van der Waals surface area contributed by atoms with Gasteiger partial charge in [-0.15, -0.1) is 11.3 Å². The van der Waals surface area contributed by atoms with Crippen LogP contribution in [0.2, 0.25) is 0 Å². The zero-order valence-electron chi connectivity index (χ0n) is 8.84. The first kappa shape index (κ1) is 12.1. The van der Waals surface area contributed by atoms with Crippen molar-refractivity contribution in [3.05, 3.63) is 22.4 Å². The molecule has 17 heavy (non-hydrogen) atoms. The van der Waals surface area contributed by atoms with Crippen LogP contribution in [0.3, 0.4) is 0 Å². The molecule has 2 heterocycles. The van der Waals surface area contributed by atoms with Gasteiger partial charge in [0.05, 0.1) is 10.6 Å². The maximum Gasteiger partial charge on any atom is 0.288 e. The number of rotatable bonds is 4. The number of carbonyl (C=O) groups excluding carboxylic acids is 3. The molecule has 3 amide bonds. The molecule has 1 N–H and O–H groups in total. The molecule has 0 radical (unpaired) electrons. The highest BCUT2D eigenvalue weighted by Crippen LogP contribution is 2.17. The lowest BCUT2D eigenvalue weighted by Gasteiger charge is -2.12. The molecule has 2 rings (SSSR count). The van der Waals surface area contributed by atoms with Gasteiger partial charge in [0.25, 0.3) is 11.1 Å². The van der Waals surface area contributed by atoms with Crippen LogP contribution in [0.1, 0.15) is 9.67 Å². The van der Waals surface area contributed by atoms with Gasteiger partial charge in [-0.1, -0.05) is 17.8 Å². The number of hydrogen-bond donors (Lipinski definition) is 1. The van der Waals surface area contributed by atoms with Crippen LogP contribution in [0.25, 0.3) is 0 Å². The summed E-state index contributed by atoms with van der Waals surface area (Å²) in [6.45, 7) is 0.524. The van der Waals surface area contributed by atoms with Crippen LogP contribution >= 0.6 is 23.1 Å². The minimum atomic E-state index is -0.236. The molecule has 0 unspecified atom stereocenters. The summed E-state index contributed by atoms with van der Waals surface area (Å²) in [5, 5.41) is 4.25. The van der Waals surface area contributed by atoms with E-state index in [1.54, 1.807) is 12.1 Å². The zero-order chi connectivity index (χ0) is 12.3. The van der Waals surface area contributed by atoms with Crippen LogP contribution in [0, 0.1) is 0 Å². The molecule has 1 aromatic heterocycles. The standard InChI is InChI=1S/C10H10N2O3S2/c13-8-6-17-10(15)12(8)4-3-11-9(14)7-2-1-5-16-7/h1-2,5H,3-4,6H2,(H,11,14). The molecule has 1 saturated heterocycles. The summed E-state index contributed by atoms with van der Waals surface area (Å²) in [5.74, 6) is -0.158. The van der Waals surface area contributed by atoms with E-state index < -0.39 is 0 Å². The molecule has 0 aromatic carbocycles. The van der Waals surface area contributed by atoms with Crippen LogP contribution in [0.5, 0.6) is 0 Å². The summed E-state index contributed by atoms with van der Waals surface area (Å²) in [6.07, 6.45) is 0. The third-order valence-electron chi connectivity index (χ3n) is 2.21. The van der Waals surface area contributed by atoms with E-state index in [4.69, 9.17) is 0 Å². The van der Waals surface area contributed by atoms with Crippen molar-refractivity contribution in [2.24, 2.45) is 0 Å². The van der Waals surface area contributed by atoms with E-state index in [1.807, 2.05) is 5.38 Å². The van der Waals surface area contributed by atoms with Gasteiger partial charge in [-0.25, -0.2) is 0 Å². The second-order valence-electron chi connectivity index (χ2n) is 3.33. The molecule has 1 aliphatic rings. The Morgan fingerprint density at radius 2 is 2.29 bits per heavy atom. The highest BCUT2D eigenvalue weighted by molar-refractivity contribution is 8.14. The average Bonchev–Trinajstić information content (AvgIpc) is 2.93. The van der Waals surface area contributed by atoms with Gasteiger partial charge >= 0.3 is 0 Å². The minimum Gasteiger partial charge on any atom is -0.350 e. The second-order valence-corrected chi connectivity index (χ2v) is 5.21. The van der Waals surface area contributed by atoms with E-state index >= 15 is 0 Å². The Labute approximate surface area is 106 Å². The van der Waals surface area contributed by atoms with Crippen LogP contribution in [-0.2, 0) is 4.79 Å². The van der Waals surface area contributed by atoms with E-state index in [1.165, 1.54) is 16.2 Å². The number of thiophene rings is 1. The smallest absolute Gasteiger partial charge is 0.288 e. The lowest BCUT2D eigenvalue weighted by molar-refractivity contribution is -0.124. The molecule has 1 aliphatic heterocycles. The van der Waals surface area contributed by atoms with Gasteiger partial charge in [-0.05, 0) is 11.4 Å². The lowest BCUT2D eigenvalue weighted by atomic mass is 10.4. The third kappa shape index (κ3) is 2.86. The maximum atomic E-state index is 11.5. The number of carbonyl (C=O) groups is 3. The monoisotopic (exact) mass is 270 g/mol. The molecule has 0 bridgehead atoms. The number of nitrogens with zero attached hydrogens (tertiary/aromatic N) is 1. The normalized spacial score (nSPS) is 15.4. The van der Waals surface area contributed by atoms with Gasteiger partial charge in [0.1, 0.15) is 0 Å². The molecule has 0 spiro atoms. The summed E-state index contributed by atoms with van der Waals surface area (Å²) in [6, 6.07) is 3.52. The van der Waals surface area contributed by atoms with E-state index in [2.05, 4.69) is 5.32 Å². The van der Waals surface area contributed by atoms with Crippen LogP contribution in [0.15, 0.2) is 17.5 Å². The predicted molar refractivity (Wildman–Crippen MR) is 66.2 cm³/mol. The molecular formula is C10H10N2O3S2. The molecule has 5 nitrogen and oxygen atoms in total. The highest BCUT2D eigenvalue weighted by Gasteiger charge is 2.29. The number of amides is 3. The van der Waals surface area contributed by atoms with Crippen molar-refractivity contribution in [3.8, 4) is 0 Å². The van der Waals surface area contributed by atoms with Gasteiger partial charge in [-0.3, -0.25) is 19.3 Å². The largest absolute Gasteiger partial charge is 0.350 e. The quantitative estimate of drug-likeness (QED) is 0.892. The first-order chi connectivity index (χ1) is 8.18. The van der Waals surface area contributed by atoms with Crippen molar-refractivity contribution < 1.29 is 14.4 Å². The van der Waals surface area contributed by atoms with E-state index in [0.29, 0.717) is 4.88 Å². The summed E-state index contributed by atoms with van der Waals surface area (Å²) >= 11 is 2.35. The van der Waals surface area contributed by atoms with Crippen molar-refractivity contribution in [2.75, 3.05) is 18.8 Å². The average molecular weight is 270 g/mol. The topological polar surface area (TPSA) is 66.5 Å². The first-order valence-corrected chi connectivity index (χ1v) is 6.84. The van der Waals surface area contributed by atoms with Gasteiger partial charge in [0.2, 0.25) is 5.91 Å². The lowest BCUT2D eigenvalue weighted by Crippen LogP contribution is -2.37. The van der Waals surface area contributed by atoms with Crippen LogP contribution in [-0.4, -0.2) is 40.8 Å². The third-order valence-corrected chi connectivity index (χ3v) is 3.93. The molecule has 90 valence electrons. The van der Waals surface area contributed by atoms with Gasteiger partial charge < -0.3 is 5.32 Å². The number of imide groups is 1. The van der Waals surface area contributed by atoms with Crippen molar-refractivity contribution in [1.29, 1.82) is 0 Å². The fraction of sp³-hybridized carbons (Fsp3) is 0.300. The second kappa shape index (κ2) is 5.33. The Bertz CT molecular complexity index is 428. The summed E-state index contributed by atoms with van der Waals surface area (Å²) in [5.41, 5.74) is 0. The van der Waals surface area contributed by atoms with Crippen LogP contribution in [0.4, 0.5) is 4.79 Å². The number of hydrogen-bond acceptors (Lipinski definition) is 5. The summed E-state index contributed by atoms with van der Waals surface area (Å²) in [7, 11) is 0.